The van der Waals surface area contributed by atoms with Crippen molar-refractivity contribution < 1.29 is 4.79 Å². The maximum atomic E-state index is 11.6. The maximum Gasteiger partial charge on any atom is 0.130 e. The van der Waals surface area contributed by atoms with Crippen LogP contribution in [0.25, 0.3) is 10.8 Å². The van der Waals surface area contributed by atoms with E-state index in [1.807, 2.05) is 0 Å². The second-order valence-electron chi connectivity index (χ2n) is 5.40. The van der Waals surface area contributed by atoms with E-state index in [1.165, 1.54) is 41.9 Å². The van der Waals surface area contributed by atoms with E-state index < -0.39 is 0 Å². The number of fused-ring (bicyclic) bond motifs is 1. The predicted octanol–water partition coefficient (Wildman–Crippen LogP) is 4.24. The molecule has 0 aromatic heterocycles. The first kappa shape index (κ1) is 11.5. The molecular weight excluding hydrogens is 220 g/mol. The molecule has 0 amide bonds. The first-order valence-corrected chi connectivity index (χ1v) is 6.80. The minimum absolute atomic E-state index is 0.220. The molecule has 1 heteroatoms. The highest BCUT2D eigenvalue weighted by Crippen LogP contribution is 2.38. The number of hydrogen-bond donors (Lipinski definition) is 0. The Morgan fingerprint density at radius 1 is 0.889 bits per heavy atom. The third-order valence-corrected chi connectivity index (χ3v) is 4.30. The van der Waals surface area contributed by atoms with Crippen LogP contribution in [0.5, 0.6) is 0 Å². The van der Waals surface area contributed by atoms with E-state index >= 15 is 0 Å². The number of aldehydes is 1. The maximum absolute atomic E-state index is 11.6. The van der Waals surface area contributed by atoms with Gasteiger partial charge in [-0.2, -0.15) is 0 Å². The molecule has 2 aromatic rings. The molecule has 92 valence electrons. The van der Waals surface area contributed by atoms with Gasteiger partial charge in [-0.1, -0.05) is 61.7 Å². The lowest BCUT2D eigenvalue weighted by Crippen LogP contribution is -2.30. The average Bonchev–Trinajstić information content (AvgIpc) is 2.47. The van der Waals surface area contributed by atoms with Crippen molar-refractivity contribution in [1.82, 2.24) is 0 Å². The summed E-state index contributed by atoms with van der Waals surface area (Å²) in [7, 11) is 0. The number of carbonyl (C=O) groups is 1. The average molecular weight is 238 g/mol. The molecule has 3 rings (SSSR count). The van der Waals surface area contributed by atoms with Crippen LogP contribution in [0.3, 0.4) is 0 Å². The molecule has 0 saturated heterocycles. The highest BCUT2D eigenvalue weighted by molar-refractivity contribution is 5.84. The summed E-state index contributed by atoms with van der Waals surface area (Å²) in [6.45, 7) is 0. The molecule has 0 bridgehead atoms. The van der Waals surface area contributed by atoms with Crippen LogP contribution < -0.4 is 0 Å². The molecule has 18 heavy (non-hydrogen) atoms. The lowest BCUT2D eigenvalue weighted by atomic mass is 9.70. The van der Waals surface area contributed by atoms with Gasteiger partial charge in [-0.25, -0.2) is 0 Å². The van der Waals surface area contributed by atoms with E-state index in [4.69, 9.17) is 0 Å². The zero-order valence-corrected chi connectivity index (χ0v) is 10.6. The van der Waals surface area contributed by atoms with Crippen molar-refractivity contribution in [3.05, 3.63) is 48.0 Å². The second kappa shape index (κ2) is 4.56. The van der Waals surface area contributed by atoms with Crippen LogP contribution in [-0.2, 0) is 10.2 Å². The van der Waals surface area contributed by atoms with Crippen molar-refractivity contribution in [2.45, 2.75) is 37.5 Å². The Labute approximate surface area is 108 Å². The molecule has 0 heterocycles. The monoisotopic (exact) mass is 238 g/mol. The van der Waals surface area contributed by atoms with Crippen LogP contribution >= 0.6 is 0 Å². The van der Waals surface area contributed by atoms with Gasteiger partial charge in [-0.3, -0.25) is 0 Å². The van der Waals surface area contributed by atoms with Gasteiger partial charge in [0.05, 0.1) is 5.41 Å². The zero-order chi connectivity index (χ0) is 12.4. The smallest absolute Gasteiger partial charge is 0.130 e. The Morgan fingerprint density at radius 3 is 2.33 bits per heavy atom. The fourth-order valence-corrected chi connectivity index (χ4v) is 3.16. The van der Waals surface area contributed by atoms with E-state index in [9.17, 15) is 4.79 Å². The topological polar surface area (TPSA) is 17.1 Å². The minimum Gasteiger partial charge on any atom is -0.302 e. The van der Waals surface area contributed by atoms with Gasteiger partial charge in [-0.05, 0) is 29.2 Å². The highest BCUT2D eigenvalue weighted by Gasteiger charge is 2.33. The van der Waals surface area contributed by atoms with Crippen LogP contribution in [0.2, 0.25) is 0 Å². The molecule has 1 nitrogen and oxygen atoms in total. The first-order chi connectivity index (χ1) is 8.84. The summed E-state index contributed by atoms with van der Waals surface area (Å²) < 4.78 is 0. The molecule has 0 spiro atoms. The molecule has 1 aliphatic carbocycles. The van der Waals surface area contributed by atoms with E-state index in [1.54, 1.807) is 0 Å². The molecule has 1 saturated carbocycles. The zero-order valence-electron chi connectivity index (χ0n) is 10.6. The lowest BCUT2D eigenvalue weighted by Gasteiger charge is -2.32. The summed E-state index contributed by atoms with van der Waals surface area (Å²) in [4.78, 5) is 11.6. The van der Waals surface area contributed by atoms with Crippen molar-refractivity contribution in [2.24, 2.45) is 0 Å². The van der Waals surface area contributed by atoms with E-state index in [0.717, 1.165) is 12.8 Å². The molecule has 1 aliphatic rings. The van der Waals surface area contributed by atoms with Crippen LogP contribution in [0, 0.1) is 0 Å². The van der Waals surface area contributed by atoms with E-state index in [2.05, 4.69) is 42.5 Å². The predicted molar refractivity (Wildman–Crippen MR) is 74.8 cm³/mol. The number of carbonyl (C=O) groups excluding carboxylic acids is 1. The van der Waals surface area contributed by atoms with Crippen LogP contribution in [0.15, 0.2) is 42.5 Å². The summed E-state index contributed by atoms with van der Waals surface area (Å²) in [5, 5.41) is 2.49. The summed E-state index contributed by atoms with van der Waals surface area (Å²) >= 11 is 0. The van der Waals surface area contributed by atoms with Gasteiger partial charge >= 0.3 is 0 Å². The minimum atomic E-state index is -0.220. The standard InChI is InChI=1S/C17H18O/c18-13-17(10-4-1-5-11-17)16-9-8-14-6-2-3-7-15(14)12-16/h2-3,6-9,12-13H,1,4-5,10-11H2. The SMILES string of the molecule is O=CC1(c2ccc3ccccc3c2)CCCCC1. The quantitative estimate of drug-likeness (QED) is 0.715. The number of benzene rings is 2. The number of rotatable bonds is 2. The fourth-order valence-electron chi connectivity index (χ4n) is 3.16. The highest BCUT2D eigenvalue weighted by atomic mass is 16.1. The Bertz CT molecular complexity index is 565. The van der Waals surface area contributed by atoms with Crippen molar-refractivity contribution in [2.75, 3.05) is 0 Å². The molecule has 0 aliphatic heterocycles. The molecule has 0 unspecified atom stereocenters. The van der Waals surface area contributed by atoms with E-state index in [-0.39, 0.29) is 5.41 Å². The molecule has 1 fully saturated rings. The van der Waals surface area contributed by atoms with Crippen LogP contribution in [0.1, 0.15) is 37.7 Å². The lowest BCUT2D eigenvalue weighted by molar-refractivity contribution is -0.113. The number of hydrogen-bond acceptors (Lipinski definition) is 1. The van der Waals surface area contributed by atoms with Gasteiger partial charge in [0.1, 0.15) is 6.29 Å². The third kappa shape index (κ3) is 1.84. The Balaban J connectivity index is 2.09. The van der Waals surface area contributed by atoms with Crippen LogP contribution in [-0.4, -0.2) is 6.29 Å². The van der Waals surface area contributed by atoms with Gasteiger partial charge < -0.3 is 4.79 Å². The normalized spacial score (nSPS) is 18.7. The fraction of sp³-hybridized carbons (Fsp3) is 0.353. The van der Waals surface area contributed by atoms with Gasteiger partial charge in [0, 0.05) is 0 Å². The van der Waals surface area contributed by atoms with E-state index in [0.29, 0.717) is 0 Å². The van der Waals surface area contributed by atoms with Gasteiger partial charge in [-0.15, -0.1) is 0 Å². The molecular formula is C17H18O. The summed E-state index contributed by atoms with van der Waals surface area (Å²) in [5.74, 6) is 0. The van der Waals surface area contributed by atoms with Gasteiger partial charge in [0.25, 0.3) is 0 Å². The van der Waals surface area contributed by atoms with Crippen molar-refractivity contribution >= 4 is 17.1 Å². The summed E-state index contributed by atoms with van der Waals surface area (Å²) in [6.07, 6.45) is 6.82. The Kier molecular flexibility index (Phi) is 2.91. The molecule has 0 radical (unpaired) electrons. The first-order valence-electron chi connectivity index (χ1n) is 6.80. The second-order valence-corrected chi connectivity index (χ2v) is 5.40. The van der Waals surface area contributed by atoms with Gasteiger partial charge in [0.2, 0.25) is 0 Å². The molecule has 0 N–H and O–H groups in total. The Morgan fingerprint density at radius 2 is 1.61 bits per heavy atom. The summed E-state index contributed by atoms with van der Waals surface area (Å²) in [5.41, 5.74) is 0.985. The van der Waals surface area contributed by atoms with Gasteiger partial charge in [0.15, 0.2) is 0 Å². The van der Waals surface area contributed by atoms with Crippen molar-refractivity contribution in [3.63, 3.8) is 0 Å². The molecule has 2 aromatic carbocycles. The van der Waals surface area contributed by atoms with Crippen molar-refractivity contribution in [3.8, 4) is 0 Å². The van der Waals surface area contributed by atoms with Crippen molar-refractivity contribution in [1.29, 1.82) is 0 Å². The third-order valence-electron chi connectivity index (χ3n) is 4.30. The summed E-state index contributed by atoms with van der Waals surface area (Å²) in [6, 6.07) is 14.8. The van der Waals surface area contributed by atoms with Crippen LogP contribution in [0.4, 0.5) is 0 Å². The molecule has 0 atom stereocenters. The largest absolute Gasteiger partial charge is 0.302 e. The Hall–Kier alpha value is -1.63.